The number of hydrogen-bond acceptors (Lipinski definition) is 3. The minimum atomic E-state index is 0.0183. The first-order valence-corrected chi connectivity index (χ1v) is 5.97. The molecule has 0 spiro atoms. The topological polar surface area (TPSA) is 30.5 Å². The highest BCUT2D eigenvalue weighted by atomic mass is 35.5. The maximum Gasteiger partial charge on any atom is 0.125 e. The first-order chi connectivity index (χ1) is 8.26. The van der Waals surface area contributed by atoms with Crippen LogP contribution < -0.4 is 10.1 Å². The molecule has 1 heterocycles. The molecule has 0 saturated carbocycles. The molecule has 1 atom stereocenters. The Balaban J connectivity index is 2.36. The lowest BCUT2D eigenvalue weighted by Crippen LogP contribution is -2.19. The molecule has 0 aliphatic carbocycles. The molecule has 1 aromatic carbocycles. The zero-order valence-electron chi connectivity index (χ0n) is 10.00. The highest BCUT2D eigenvalue weighted by Gasteiger charge is 2.22. The molecular weight excluding hydrogens is 238 g/mol. The molecule has 1 aliphatic rings. The fourth-order valence-corrected chi connectivity index (χ4v) is 2.17. The summed E-state index contributed by atoms with van der Waals surface area (Å²) < 4.78 is 11.0. The van der Waals surface area contributed by atoms with Crippen LogP contribution in [0.4, 0.5) is 0 Å². The number of ether oxygens (including phenoxy) is 2. The molecule has 0 amide bonds. The van der Waals surface area contributed by atoms with Gasteiger partial charge < -0.3 is 14.8 Å². The molecule has 1 aliphatic heterocycles. The first kappa shape index (κ1) is 12.3. The van der Waals surface area contributed by atoms with Crippen LogP contribution in [0.1, 0.15) is 18.0 Å². The first-order valence-electron chi connectivity index (χ1n) is 5.60. The van der Waals surface area contributed by atoms with E-state index in [1.165, 1.54) is 0 Å². The largest absolute Gasteiger partial charge is 0.496 e. The predicted molar refractivity (Wildman–Crippen MR) is 68.5 cm³/mol. The number of halogens is 1. The summed E-state index contributed by atoms with van der Waals surface area (Å²) in [7, 11) is 3.55. The average molecular weight is 254 g/mol. The van der Waals surface area contributed by atoms with Gasteiger partial charge in [-0.3, -0.25) is 0 Å². The van der Waals surface area contributed by atoms with E-state index in [-0.39, 0.29) is 6.04 Å². The Morgan fingerprint density at radius 1 is 1.47 bits per heavy atom. The van der Waals surface area contributed by atoms with Gasteiger partial charge in [-0.15, -0.1) is 0 Å². The molecule has 3 nitrogen and oxygen atoms in total. The lowest BCUT2D eigenvalue weighted by Gasteiger charge is -2.20. The molecule has 0 radical (unpaired) electrons. The second-order valence-electron chi connectivity index (χ2n) is 3.85. The van der Waals surface area contributed by atoms with Gasteiger partial charge in [0, 0.05) is 17.0 Å². The molecule has 1 N–H and O–H groups in total. The van der Waals surface area contributed by atoms with Crippen molar-refractivity contribution in [2.24, 2.45) is 0 Å². The summed E-state index contributed by atoms with van der Waals surface area (Å²) in [4.78, 5) is 0. The third-order valence-corrected chi connectivity index (χ3v) is 3.05. The molecule has 2 rings (SSSR count). The van der Waals surface area contributed by atoms with Crippen LogP contribution in [0.5, 0.6) is 5.75 Å². The lowest BCUT2D eigenvalue weighted by atomic mass is 10.0. The summed E-state index contributed by atoms with van der Waals surface area (Å²) in [6.07, 6.45) is 3.07. The summed E-state index contributed by atoms with van der Waals surface area (Å²) in [5, 5.41) is 3.91. The van der Waals surface area contributed by atoms with E-state index in [2.05, 4.69) is 11.4 Å². The van der Waals surface area contributed by atoms with E-state index in [1.54, 1.807) is 7.11 Å². The molecule has 0 aromatic heterocycles. The summed E-state index contributed by atoms with van der Waals surface area (Å²) in [6, 6.07) is 5.66. The summed E-state index contributed by atoms with van der Waals surface area (Å²) >= 11 is 5.96. The molecule has 4 heteroatoms. The van der Waals surface area contributed by atoms with Gasteiger partial charge in [-0.05, 0) is 25.3 Å². The minimum Gasteiger partial charge on any atom is -0.496 e. The molecule has 1 aromatic rings. The van der Waals surface area contributed by atoms with E-state index in [1.807, 2.05) is 25.2 Å². The Morgan fingerprint density at radius 2 is 2.29 bits per heavy atom. The van der Waals surface area contributed by atoms with Crippen molar-refractivity contribution in [3.05, 3.63) is 40.6 Å². The smallest absolute Gasteiger partial charge is 0.125 e. The predicted octanol–water partition coefficient (Wildman–Crippen LogP) is 2.91. The van der Waals surface area contributed by atoms with Crippen LogP contribution >= 0.6 is 11.6 Å². The van der Waals surface area contributed by atoms with Gasteiger partial charge >= 0.3 is 0 Å². The second-order valence-corrected chi connectivity index (χ2v) is 4.29. The van der Waals surface area contributed by atoms with E-state index in [0.29, 0.717) is 5.02 Å². The number of nitrogens with one attached hydrogen (secondary N) is 1. The molecule has 0 bridgehead atoms. The fraction of sp³-hybridized carbons (Fsp3) is 0.385. The van der Waals surface area contributed by atoms with Crippen molar-refractivity contribution in [1.82, 2.24) is 5.32 Å². The van der Waals surface area contributed by atoms with Crippen LogP contribution in [0.2, 0.25) is 5.02 Å². The van der Waals surface area contributed by atoms with Crippen molar-refractivity contribution in [3.63, 3.8) is 0 Å². The van der Waals surface area contributed by atoms with Crippen LogP contribution in [0, 0.1) is 0 Å². The molecule has 17 heavy (non-hydrogen) atoms. The van der Waals surface area contributed by atoms with Crippen molar-refractivity contribution in [2.75, 3.05) is 20.8 Å². The van der Waals surface area contributed by atoms with Crippen molar-refractivity contribution in [3.8, 4) is 5.75 Å². The number of likely N-dealkylation sites (N-methyl/N-ethyl adjacent to an activating group) is 1. The lowest BCUT2D eigenvalue weighted by molar-refractivity contribution is 0.216. The SMILES string of the molecule is CNC(C1=CCCO1)c1ccc(Cl)cc1OC. The fourth-order valence-electron chi connectivity index (χ4n) is 2.01. The summed E-state index contributed by atoms with van der Waals surface area (Å²) in [6.45, 7) is 0.753. The normalized spacial score (nSPS) is 16.3. The van der Waals surface area contributed by atoms with Gasteiger partial charge in [0.05, 0.1) is 19.8 Å². The van der Waals surface area contributed by atoms with E-state index < -0.39 is 0 Å². The van der Waals surface area contributed by atoms with Crippen LogP contribution in [-0.2, 0) is 4.74 Å². The third kappa shape index (κ3) is 2.56. The zero-order valence-corrected chi connectivity index (χ0v) is 10.8. The Hall–Kier alpha value is -1.19. The second kappa shape index (κ2) is 5.43. The van der Waals surface area contributed by atoms with Crippen LogP contribution in [0.15, 0.2) is 30.0 Å². The summed E-state index contributed by atoms with van der Waals surface area (Å²) in [5.74, 6) is 1.72. The van der Waals surface area contributed by atoms with Gasteiger partial charge in [0.15, 0.2) is 0 Å². The summed E-state index contributed by atoms with van der Waals surface area (Å²) in [5.41, 5.74) is 1.03. The molecule has 92 valence electrons. The Kier molecular flexibility index (Phi) is 3.92. The molecule has 0 fully saturated rings. The van der Waals surface area contributed by atoms with Crippen molar-refractivity contribution in [2.45, 2.75) is 12.5 Å². The van der Waals surface area contributed by atoms with Gasteiger partial charge in [0.1, 0.15) is 11.5 Å². The Morgan fingerprint density at radius 3 is 2.88 bits per heavy atom. The maximum atomic E-state index is 5.96. The average Bonchev–Trinajstić information content (AvgIpc) is 2.85. The van der Waals surface area contributed by atoms with Crippen molar-refractivity contribution >= 4 is 11.6 Å². The highest BCUT2D eigenvalue weighted by molar-refractivity contribution is 6.30. The Bertz CT molecular complexity index is 431. The molecule has 0 saturated heterocycles. The zero-order chi connectivity index (χ0) is 12.3. The van der Waals surface area contributed by atoms with Gasteiger partial charge in [-0.25, -0.2) is 0 Å². The standard InChI is InChI=1S/C13H16ClNO2/c1-15-13(11-4-3-7-17-11)10-6-5-9(14)8-12(10)16-2/h4-6,8,13,15H,3,7H2,1-2H3. The quantitative estimate of drug-likeness (QED) is 0.895. The number of hydrogen-bond donors (Lipinski definition) is 1. The van der Waals surface area contributed by atoms with Gasteiger partial charge in [0.25, 0.3) is 0 Å². The third-order valence-electron chi connectivity index (χ3n) is 2.81. The van der Waals surface area contributed by atoms with E-state index >= 15 is 0 Å². The monoisotopic (exact) mass is 253 g/mol. The van der Waals surface area contributed by atoms with Crippen LogP contribution in [-0.4, -0.2) is 20.8 Å². The van der Waals surface area contributed by atoms with E-state index in [0.717, 1.165) is 30.1 Å². The van der Waals surface area contributed by atoms with Gasteiger partial charge in [-0.2, -0.15) is 0 Å². The van der Waals surface area contributed by atoms with Crippen LogP contribution in [0.25, 0.3) is 0 Å². The highest BCUT2D eigenvalue weighted by Crippen LogP contribution is 2.33. The number of benzene rings is 1. The van der Waals surface area contributed by atoms with Gasteiger partial charge in [0.2, 0.25) is 0 Å². The minimum absolute atomic E-state index is 0.0183. The molecule has 1 unspecified atom stereocenters. The maximum absolute atomic E-state index is 5.96. The number of rotatable bonds is 4. The number of methoxy groups -OCH3 is 1. The van der Waals surface area contributed by atoms with Crippen molar-refractivity contribution < 1.29 is 9.47 Å². The van der Waals surface area contributed by atoms with Gasteiger partial charge in [-0.1, -0.05) is 17.7 Å². The van der Waals surface area contributed by atoms with Crippen LogP contribution in [0.3, 0.4) is 0 Å². The molecular formula is C13H16ClNO2. The Labute approximate surface area is 106 Å². The van der Waals surface area contributed by atoms with E-state index in [9.17, 15) is 0 Å². The van der Waals surface area contributed by atoms with Crippen molar-refractivity contribution in [1.29, 1.82) is 0 Å². The van der Waals surface area contributed by atoms with E-state index in [4.69, 9.17) is 21.1 Å².